The summed E-state index contributed by atoms with van der Waals surface area (Å²) in [4.78, 5) is 22.7. The lowest BCUT2D eigenvalue weighted by atomic mass is 10.2. The average Bonchev–Trinajstić information content (AvgIpc) is 2.37. The highest BCUT2D eigenvalue weighted by molar-refractivity contribution is 6.42. The molecule has 0 saturated carbocycles. The van der Waals surface area contributed by atoms with Gasteiger partial charge in [0.05, 0.1) is 10.0 Å². The maximum Gasteiger partial charge on any atom is 0.331 e. The molecule has 0 aliphatic rings. The molecule has 20 heavy (non-hydrogen) atoms. The molecule has 0 unspecified atom stereocenters. The van der Waals surface area contributed by atoms with E-state index in [1.165, 1.54) is 12.2 Å². The molecule has 0 fully saturated rings. The van der Waals surface area contributed by atoms with E-state index in [-0.39, 0.29) is 18.6 Å². The smallest absolute Gasteiger partial charge is 0.331 e. The van der Waals surface area contributed by atoms with Gasteiger partial charge in [-0.25, -0.2) is 4.79 Å². The van der Waals surface area contributed by atoms with Gasteiger partial charge in [-0.15, -0.1) is 0 Å². The van der Waals surface area contributed by atoms with Crippen LogP contribution in [0.1, 0.15) is 19.4 Å². The second-order valence-corrected chi connectivity index (χ2v) is 5.15. The molecule has 6 heteroatoms. The number of rotatable bonds is 5. The summed E-state index contributed by atoms with van der Waals surface area (Å²) in [7, 11) is 0. The van der Waals surface area contributed by atoms with Crippen molar-refractivity contribution in [2.75, 3.05) is 6.61 Å². The molecule has 0 aromatic heterocycles. The molecule has 0 saturated heterocycles. The maximum absolute atomic E-state index is 11.4. The predicted octanol–water partition coefficient (Wildman–Crippen LogP) is 3.07. The van der Waals surface area contributed by atoms with Crippen LogP contribution in [-0.4, -0.2) is 24.5 Å². The number of hydrogen-bond acceptors (Lipinski definition) is 3. The summed E-state index contributed by atoms with van der Waals surface area (Å²) in [6.45, 7) is 3.34. The molecule has 0 spiro atoms. The molecule has 0 aliphatic heterocycles. The minimum Gasteiger partial charge on any atom is -0.452 e. The molecular formula is C14H15Cl2NO3. The number of ether oxygens (including phenoxy) is 1. The predicted molar refractivity (Wildman–Crippen MR) is 79.7 cm³/mol. The van der Waals surface area contributed by atoms with E-state index in [0.717, 1.165) is 0 Å². The molecule has 1 aromatic rings. The molecule has 1 amide bonds. The van der Waals surface area contributed by atoms with Crippen LogP contribution in [0.25, 0.3) is 6.08 Å². The van der Waals surface area contributed by atoms with Gasteiger partial charge < -0.3 is 10.1 Å². The summed E-state index contributed by atoms with van der Waals surface area (Å²) < 4.78 is 4.78. The first-order valence-corrected chi connectivity index (χ1v) is 6.73. The summed E-state index contributed by atoms with van der Waals surface area (Å²) in [6.07, 6.45) is 2.76. The Morgan fingerprint density at radius 3 is 2.60 bits per heavy atom. The zero-order valence-corrected chi connectivity index (χ0v) is 12.7. The van der Waals surface area contributed by atoms with Crippen molar-refractivity contribution < 1.29 is 14.3 Å². The Hall–Kier alpha value is -1.52. The number of esters is 1. The third-order valence-electron chi connectivity index (χ3n) is 2.15. The molecule has 4 nitrogen and oxygen atoms in total. The highest BCUT2D eigenvalue weighted by atomic mass is 35.5. The standard InChI is InChI=1S/C14H15Cl2NO3/c1-9(2)17-13(18)8-20-14(19)6-4-10-3-5-11(15)12(16)7-10/h3-7,9H,8H2,1-2H3,(H,17,18)/b6-4+. The van der Waals surface area contributed by atoms with Crippen molar-refractivity contribution in [3.8, 4) is 0 Å². The summed E-state index contributed by atoms with van der Waals surface area (Å²) in [5.41, 5.74) is 0.711. The summed E-state index contributed by atoms with van der Waals surface area (Å²) in [5.74, 6) is -0.939. The molecule has 0 atom stereocenters. The van der Waals surface area contributed by atoms with Crippen molar-refractivity contribution >= 4 is 41.2 Å². The Morgan fingerprint density at radius 2 is 2.00 bits per heavy atom. The normalized spacial score (nSPS) is 10.8. The summed E-state index contributed by atoms with van der Waals surface area (Å²) in [5, 5.41) is 3.46. The molecule has 0 aliphatic carbocycles. The lowest BCUT2D eigenvalue weighted by Crippen LogP contribution is -2.33. The largest absolute Gasteiger partial charge is 0.452 e. The van der Waals surface area contributed by atoms with E-state index in [9.17, 15) is 9.59 Å². The molecule has 1 rings (SSSR count). The summed E-state index contributed by atoms with van der Waals surface area (Å²) >= 11 is 11.6. The second-order valence-electron chi connectivity index (χ2n) is 4.34. The molecule has 1 aromatic carbocycles. The van der Waals surface area contributed by atoms with Gasteiger partial charge in [0.25, 0.3) is 5.91 Å². The first-order valence-electron chi connectivity index (χ1n) is 5.97. The molecule has 0 bridgehead atoms. The van der Waals surface area contributed by atoms with Crippen LogP contribution < -0.4 is 5.32 Å². The summed E-state index contributed by atoms with van der Waals surface area (Å²) in [6, 6.07) is 4.97. The Labute approximate surface area is 127 Å². The number of carbonyl (C=O) groups is 2. The highest BCUT2D eigenvalue weighted by Gasteiger charge is 2.06. The Bertz CT molecular complexity index is 527. The number of benzene rings is 1. The zero-order valence-electron chi connectivity index (χ0n) is 11.2. The van der Waals surface area contributed by atoms with Crippen LogP contribution in [0.4, 0.5) is 0 Å². The first-order chi connectivity index (χ1) is 9.38. The minimum atomic E-state index is -0.602. The van der Waals surface area contributed by atoms with Crippen LogP contribution in [0.3, 0.4) is 0 Å². The van der Waals surface area contributed by atoms with Crippen molar-refractivity contribution in [2.45, 2.75) is 19.9 Å². The van der Waals surface area contributed by atoms with E-state index >= 15 is 0 Å². The van der Waals surface area contributed by atoms with Crippen LogP contribution in [0.5, 0.6) is 0 Å². The average molecular weight is 316 g/mol. The number of halogens is 2. The van der Waals surface area contributed by atoms with Crippen LogP contribution >= 0.6 is 23.2 Å². The fraction of sp³-hybridized carbons (Fsp3) is 0.286. The maximum atomic E-state index is 11.4. The number of carbonyl (C=O) groups excluding carboxylic acids is 2. The van der Waals surface area contributed by atoms with Crippen molar-refractivity contribution in [1.29, 1.82) is 0 Å². The molecule has 0 heterocycles. The molecule has 108 valence electrons. The number of amides is 1. The Morgan fingerprint density at radius 1 is 1.30 bits per heavy atom. The van der Waals surface area contributed by atoms with Gasteiger partial charge in [-0.2, -0.15) is 0 Å². The molecule has 1 N–H and O–H groups in total. The Balaban J connectivity index is 2.47. The van der Waals surface area contributed by atoms with Gasteiger partial charge in [0.1, 0.15) is 0 Å². The van der Waals surface area contributed by atoms with Gasteiger partial charge in [0.2, 0.25) is 0 Å². The fourth-order valence-corrected chi connectivity index (χ4v) is 1.64. The van der Waals surface area contributed by atoms with Gasteiger partial charge >= 0.3 is 5.97 Å². The lowest BCUT2D eigenvalue weighted by Gasteiger charge is -2.07. The van der Waals surface area contributed by atoms with Gasteiger partial charge in [-0.1, -0.05) is 29.3 Å². The van der Waals surface area contributed by atoms with E-state index in [1.807, 2.05) is 13.8 Å². The minimum absolute atomic E-state index is 0.00736. The van der Waals surface area contributed by atoms with Gasteiger partial charge in [-0.05, 0) is 37.6 Å². The second kappa shape index (κ2) is 7.92. The van der Waals surface area contributed by atoms with E-state index in [4.69, 9.17) is 27.9 Å². The van der Waals surface area contributed by atoms with Gasteiger partial charge in [0.15, 0.2) is 6.61 Å². The first kappa shape index (κ1) is 16.5. The van der Waals surface area contributed by atoms with E-state index in [2.05, 4.69) is 5.32 Å². The van der Waals surface area contributed by atoms with Crippen molar-refractivity contribution in [3.63, 3.8) is 0 Å². The van der Waals surface area contributed by atoms with Crippen molar-refractivity contribution in [3.05, 3.63) is 39.9 Å². The SMILES string of the molecule is CC(C)NC(=O)COC(=O)/C=C/c1ccc(Cl)c(Cl)c1. The van der Waals surface area contributed by atoms with E-state index < -0.39 is 5.97 Å². The van der Waals surface area contributed by atoms with Crippen LogP contribution in [0, 0.1) is 0 Å². The van der Waals surface area contributed by atoms with Crippen LogP contribution in [0.15, 0.2) is 24.3 Å². The zero-order chi connectivity index (χ0) is 15.1. The van der Waals surface area contributed by atoms with Gasteiger partial charge in [-0.3, -0.25) is 4.79 Å². The van der Waals surface area contributed by atoms with Gasteiger partial charge in [0, 0.05) is 12.1 Å². The lowest BCUT2D eigenvalue weighted by molar-refractivity contribution is -0.143. The monoisotopic (exact) mass is 315 g/mol. The highest BCUT2D eigenvalue weighted by Crippen LogP contribution is 2.23. The van der Waals surface area contributed by atoms with Crippen molar-refractivity contribution in [1.82, 2.24) is 5.32 Å². The van der Waals surface area contributed by atoms with E-state index in [1.54, 1.807) is 18.2 Å². The number of hydrogen-bond donors (Lipinski definition) is 1. The third kappa shape index (κ3) is 6.08. The molecular weight excluding hydrogens is 301 g/mol. The van der Waals surface area contributed by atoms with Crippen molar-refractivity contribution in [2.24, 2.45) is 0 Å². The molecule has 0 radical (unpaired) electrons. The van der Waals surface area contributed by atoms with Crippen LogP contribution in [-0.2, 0) is 14.3 Å². The van der Waals surface area contributed by atoms with Crippen LogP contribution in [0.2, 0.25) is 10.0 Å². The topological polar surface area (TPSA) is 55.4 Å². The number of nitrogens with one attached hydrogen (secondary N) is 1. The van der Waals surface area contributed by atoms with E-state index in [0.29, 0.717) is 15.6 Å². The fourth-order valence-electron chi connectivity index (χ4n) is 1.33. The third-order valence-corrected chi connectivity index (χ3v) is 2.89. The Kier molecular flexibility index (Phi) is 6.55. The quantitative estimate of drug-likeness (QED) is 0.671.